The van der Waals surface area contributed by atoms with E-state index in [4.69, 9.17) is 0 Å². The molecule has 0 aliphatic carbocycles. The molecule has 0 fully saturated rings. The molecule has 17 heavy (non-hydrogen) atoms. The van der Waals surface area contributed by atoms with Crippen LogP contribution < -0.4 is 4.72 Å². The Labute approximate surface area is 102 Å². The second-order valence-electron chi connectivity index (χ2n) is 3.35. The van der Waals surface area contributed by atoms with Gasteiger partial charge in [0.2, 0.25) is 0 Å². The van der Waals surface area contributed by atoms with Crippen molar-refractivity contribution in [3.63, 3.8) is 0 Å². The summed E-state index contributed by atoms with van der Waals surface area (Å²) in [5.74, 6) is -0.462. The molecule has 2 rings (SSSR count). The third-order valence-corrected chi connectivity index (χ3v) is 4.40. The molecule has 90 valence electrons. The highest BCUT2D eigenvalue weighted by molar-refractivity contribution is 7.93. The standard InChI is InChI=1S/C10H9FN2O2S2/c1-7-6-8(11)2-3-9(7)17(14,15)13-10-12-4-5-16-10/h2-6H,1H3,(H,12,13). The summed E-state index contributed by atoms with van der Waals surface area (Å²) in [5.41, 5.74) is 0.356. The molecule has 4 nitrogen and oxygen atoms in total. The van der Waals surface area contributed by atoms with Crippen molar-refractivity contribution in [1.82, 2.24) is 4.98 Å². The number of benzene rings is 1. The highest BCUT2D eigenvalue weighted by Crippen LogP contribution is 2.21. The number of hydrogen-bond donors (Lipinski definition) is 1. The lowest BCUT2D eigenvalue weighted by molar-refractivity contribution is 0.598. The van der Waals surface area contributed by atoms with Crippen LogP contribution in [0.15, 0.2) is 34.7 Å². The van der Waals surface area contributed by atoms with E-state index in [1.807, 2.05) is 0 Å². The summed E-state index contributed by atoms with van der Waals surface area (Å²) in [6, 6.07) is 3.53. The molecular formula is C10H9FN2O2S2. The summed E-state index contributed by atoms with van der Waals surface area (Å²) in [5, 5.41) is 1.95. The second kappa shape index (κ2) is 4.42. The van der Waals surface area contributed by atoms with Crippen LogP contribution in [-0.2, 0) is 10.0 Å². The predicted molar refractivity (Wildman–Crippen MR) is 64.1 cm³/mol. The van der Waals surface area contributed by atoms with Crippen molar-refractivity contribution < 1.29 is 12.8 Å². The number of aryl methyl sites for hydroxylation is 1. The molecule has 0 radical (unpaired) electrons. The monoisotopic (exact) mass is 272 g/mol. The average molecular weight is 272 g/mol. The Bertz CT molecular complexity index is 624. The number of nitrogens with one attached hydrogen (secondary N) is 1. The fraction of sp³-hybridized carbons (Fsp3) is 0.100. The van der Waals surface area contributed by atoms with E-state index >= 15 is 0 Å². The Morgan fingerprint density at radius 1 is 1.41 bits per heavy atom. The number of halogens is 1. The topological polar surface area (TPSA) is 59.1 Å². The molecule has 0 saturated heterocycles. The van der Waals surface area contributed by atoms with Crippen LogP contribution in [0.5, 0.6) is 0 Å². The van der Waals surface area contributed by atoms with Gasteiger partial charge in [0, 0.05) is 11.6 Å². The first-order chi connectivity index (χ1) is 7.99. The van der Waals surface area contributed by atoms with Crippen molar-refractivity contribution in [1.29, 1.82) is 0 Å². The second-order valence-corrected chi connectivity index (χ2v) is 5.90. The van der Waals surface area contributed by atoms with Gasteiger partial charge in [-0.15, -0.1) is 11.3 Å². The molecule has 0 aliphatic rings. The van der Waals surface area contributed by atoms with Crippen LogP contribution in [0.4, 0.5) is 9.52 Å². The first-order valence-corrected chi connectivity index (χ1v) is 7.04. The van der Waals surface area contributed by atoms with E-state index in [2.05, 4.69) is 9.71 Å². The molecule has 0 saturated carbocycles. The summed E-state index contributed by atoms with van der Waals surface area (Å²) in [6.07, 6.45) is 1.50. The predicted octanol–water partition coefficient (Wildman–Crippen LogP) is 2.39. The van der Waals surface area contributed by atoms with Crippen LogP contribution in [0.3, 0.4) is 0 Å². The van der Waals surface area contributed by atoms with Gasteiger partial charge in [0.25, 0.3) is 10.0 Å². The number of nitrogens with zero attached hydrogens (tertiary/aromatic N) is 1. The zero-order chi connectivity index (χ0) is 12.5. The van der Waals surface area contributed by atoms with Crippen LogP contribution in [0, 0.1) is 12.7 Å². The number of sulfonamides is 1. The molecule has 0 aliphatic heterocycles. The first-order valence-electron chi connectivity index (χ1n) is 4.67. The minimum Gasteiger partial charge on any atom is -0.255 e. The molecule has 1 heterocycles. The molecule has 1 N–H and O–H groups in total. The number of rotatable bonds is 3. The lowest BCUT2D eigenvalue weighted by Crippen LogP contribution is -2.14. The van der Waals surface area contributed by atoms with Gasteiger partial charge in [-0.05, 0) is 30.7 Å². The van der Waals surface area contributed by atoms with Crippen molar-refractivity contribution in [2.75, 3.05) is 4.72 Å². The summed E-state index contributed by atoms with van der Waals surface area (Å²) in [7, 11) is -3.70. The molecule has 7 heteroatoms. The van der Waals surface area contributed by atoms with E-state index < -0.39 is 15.8 Å². The van der Waals surface area contributed by atoms with Gasteiger partial charge in [0.05, 0.1) is 4.90 Å². The molecule has 2 aromatic rings. The summed E-state index contributed by atoms with van der Waals surface area (Å²) >= 11 is 1.18. The van der Waals surface area contributed by atoms with Gasteiger partial charge >= 0.3 is 0 Å². The Balaban J connectivity index is 2.38. The normalized spacial score (nSPS) is 11.4. The summed E-state index contributed by atoms with van der Waals surface area (Å²) < 4.78 is 39.1. The maximum absolute atomic E-state index is 12.9. The summed E-state index contributed by atoms with van der Waals surface area (Å²) in [4.78, 5) is 3.88. The average Bonchev–Trinajstić information content (AvgIpc) is 2.68. The van der Waals surface area contributed by atoms with Crippen LogP contribution in [-0.4, -0.2) is 13.4 Å². The molecule has 0 bridgehead atoms. The third kappa shape index (κ3) is 2.62. The van der Waals surface area contributed by atoms with E-state index in [0.717, 1.165) is 6.07 Å². The van der Waals surface area contributed by atoms with Gasteiger partial charge in [-0.3, -0.25) is 4.72 Å². The van der Waals surface area contributed by atoms with Gasteiger partial charge in [0.1, 0.15) is 5.82 Å². The van der Waals surface area contributed by atoms with Crippen molar-refractivity contribution in [2.45, 2.75) is 11.8 Å². The lowest BCUT2D eigenvalue weighted by Gasteiger charge is -2.07. The van der Waals surface area contributed by atoms with E-state index in [1.165, 1.54) is 29.7 Å². The quantitative estimate of drug-likeness (QED) is 0.933. The van der Waals surface area contributed by atoms with Crippen LogP contribution >= 0.6 is 11.3 Å². The van der Waals surface area contributed by atoms with Gasteiger partial charge in [0.15, 0.2) is 5.13 Å². The maximum Gasteiger partial charge on any atom is 0.263 e. The van der Waals surface area contributed by atoms with Gasteiger partial charge in [-0.25, -0.2) is 17.8 Å². The van der Waals surface area contributed by atoms with E-state index in [0.29, 0.717) is 5.56 Å². The van der Waals surface area contributed by atoms with Crippen LogP contribution in [0.2, 0.25) is 0 Å². The highest BCUT2D eigenvalue weighted by Gasteiger charge is 2.18. The molecule has 0 amide bonds. The molecule has 0 unspecified atom stereocenters. The Morgan fingerprint density at radius 3 is 2.76 bits per heavy atom. The fourth-order valence-corrected chi connectivity index (χ4v) is 3.37. The van der Waals surface area contributed by atoms with E-state index in [1.54, 1.807) is 12.3 Å². The van der Waals surface area contributed by atoms with Gasteiger partial charge < -0.3 is 0 Å². The van der Waals surface area contributed by atoms with Crippen molar-refractivity contribution in [3.8, 4) is 0 Å². The molecule has 1 aromatic carbocycles. The van der Waals surface area contributed by atoms with E-state index in [9.17, 15) is 12.8 Å². The molecule has 0 spiro atoms. The maximum atomic E-state index is 12.9. The van der Waals surface area contributed by atoms with Gasteiger partial charge in [-0.2, -0.15) is 0 Å². The van der Waals surface area contributed by atoms with E-state index in [-0.39, 0.29) is 10.0 Å². The SMILES string of the molecule is Cc1cc(F)ccc1S(=O)(=O)Nc1nccs1. The Hall–Kier alpha value is -1.47. The summed E-state index contributed by atoms with van der Waals surface area (Å²) in [6.45, 7) is 1.54. The highest BCUT2D eigenvalue weighted by atomic mass is 32.2. The largest absolute Gasteiger partial charge is 0.263 e. The Morgan fingerprint density at radius 2 is 2.18 bits per heavy atom. The smallest absolute Gasteiger partial charge is 0.255 e. The minimum absolute atomic E-state index is 0.0501. The zero-order valence-corrected chi connectivity index (χ0v) is 10.5. The first kappa shape index (κ1) is 12.0. The van der Waals surface area contributed by atoms with Crippen LogP contribution in [0.25, 0.3) is 0 Å². The van der Waals surface area contributed by atoms with Gasteiger partial charge in [-0.1, -0.05) is 0 Å². The minimum atomic E-state index is -3.70. The van der Waals surface area contributed by atoms with Crippen molar-refractivity contribution >= 4 is 26.5 Å². The lowest BCUT2D eigenvalue weighted by atomic mass is 10.2. The fourth-order valence-electron chi connectivity index (χ4n) is 1.36. The zero-order valence-electron chi connectivity index (χ0n) is 8.84. The molecule has 1 aromatic heterocycles. The van der Waals surface area contributed by atoms with Crippen LogP contribution in [0.1, 0.15) is 5.56 Å². The van der Waals surface area contributed by atoms with Crippen molar-refractivity contribution in [3.05, 3.63) is 41.2 Å². The van der Waals surface area contributed by atoms with Crippen molar-refractivity contribution in [2.24, 2.45) is 0 Å². The Kier molecular flexibility index (Phi) is 3.12. The number of aromatic nitrogens is 1. The molecule has 0 atom stereocenters. The number of anilines is 1. The number of thiazole rings is 1. The molecular weight excluding hydrogens is 263 g/mol. The third-order valence-electron chi connectivity index (χ3n) is 2.08. The number of hydrogen-bond acceptors (Lipinski definition) is 4.